The van der Waals surface area contributed by atoms with E-state index in [9.17, 15) is 9.59 Å². The maximum Gasteiger partial charge on any atom is 0.310 e. The van der Waals surface area contributed by atoms with Crippen molar-refractivity contribution in [2.24, 2.45) is 17.6 Å². The van der Waals surface area contributed by atoms with Crippen LogP contribution in [0.3, 0.4) is 0 Å². The number of carbonyl (C=O) groups is 2. The Bertz CT molecular complexity index is 430. The Labute approximate surface area is 126 Å². The fraction of sp³-hybridized carbons (Fsp3) is 0.500. The number of ether oxygens (including phenoxy) is 1. The van der Waals surface area contributed by atoms with Gasteiger partial charge in [0.25, 0.3) is 0 Å². The zero-order valence-corrected chi connectivity index (χ0v) is 12.5. The van der Waals surface area contributed by atoms with E-state index in [-0.39, 0.29) is 9.52 Å². The van der Waals surface area contributed by atoms with Gasteiger partial charge in [-0.2, -0.15) is 0 Å². The lowest BCUT2D eigenvalue weighted by atomic mass is 9.82. The van der Waals surface area contributed by atoms with Crippen LogP contribution < -0.4 is 5.73 Å². The third kappa shape index (κ3) is 4.41. The molecule has 1 aliphatic carbocycles. The summed E-state index contributed by atoms with van der Waals surface area (Å²) in [5.41, 5.74) is 5.28. The molecule has 0 spiro atoms. The summed E-state index contributed by atoms with van der Waals surface area (Å²) >= 11 is 16.8. The van der Waals surface area contributed by atoms with Gasteiger partial charge >= 0.3 is 5.97 Å². The average molecular weight is 327 g/mol. The molecule has 0 saturated heterocycles. The molecule has 0 aromatic rings. The molecule has 3 atom stereocenters. The first kappa shape index (κ1) is 16.3. The van der Waals surface area contributed by atoms with E-state index in [2.05, 4.69) is 0 Å². The Morgan fingerprint density at radius 1 is 1.21 bits per heavy atom. The maximum absolute atomic E-state index is 12.0. The van der Waals surface area contributed by atoms with Gasteiger partial charge in [-0.1, -0.05) is 47.0 Å². The highest BCUT2D eigenvalue weighted by Gasteiger charge is 2.34. The number of carbonyl (C=O) groups excluding carboxylic acids is 2. The van der Waals surface area contributed by atoms with Crippen molar-refractivity contribution in [1.29, 1.82) is 0 Å². The van der Waals surface area contributed by atoms with Crippen molar-refractivity contribution in [2.45, 2.75) is 25.9 Å². The first-order chi connectivity index (χ1) is 8.84. The molecule has 0 aromatic carbocycles. The van der Waals surface area contributed by atoms with E-state index in [0.29, 0.717) is 12.8 Å². The topological polar surface area (TPSA) is 69.4 Å². The van der Waals surface area contributed by atoms with E-state index in [1.165, 1.54) is 0 Å². The van der Waals surface area contributed by atoms with E-state index < -0.39 is 29.8 Å². The Balaban J connectivity index is 2.74. The predicted molar refractivity (Wildman–Crippen MR) is 74.7 cm³/mol. The number of nitrogens with two attached hydrogens (primary N) is 1. The molecule has 0 saturated carbocycles. The molecule has 7 heteroatoms. The van der Waals surface area contributed by atoms with E-state index in [1.807, 2.05) is 12.2 Å². The number of primary amides is 1. The van der Waals surface area contributed by atoms with Gasteiger partial charge in [0.05, 0.1) is 16.9 Å². The predicted octanol–water partition coefficient (Wildman–Crippen LogP) is 2.87. The van der Waals surface area contributed by atoms with Gasteiger partial charge in [0.1, 0.15) is 10.6 Å². The summed E-state index contributed by atoms with van der Waals surface area (Å²) < 4.78 is 5.00. The Morgan fingerprint density at radius 3 is 2.21 bits per heavy atom. The quantitative estimate of drug-likeness (QED) is 0.638. The Morgan fingerprint density at radius 2 is 1.74 bits per heavy atom. The van der Waals surface area contributed by atoms with Crippen molar-refractivity contribution in [3.63, 3.8) is 0 Å². The molecule has 0 bridgehead atoms. The molecular formula is C12H14Cl3NO3. The van der Waals surface area contributed by atoms with Crippen LogP contribution in [0.2, 0.25) is 0 Å². The van der Waals surface area contributed by atoms with Gasteiger partial charge < -0.3 is 10.5 Å². The summed E-state index contributed by atoms with van der Waals surface area (Å²) in [5, 5.41) is 0.0404. The third-order valence-corrected chi connectivity index (χ3v) is 4.03. The SMILES string of the molecule is C[C@H](OC(=O)[C@H]1CC=CC[C@@H]1C(N)=O)C(Cl)=C(Cl)Cl. The minimum Gasteiger partial charge on any atom is -0.457 e. The molecule has 1 rings (SSSR count). The van der Waals surface area contributed by atoms with E-state index >= 15 is 0 Å². The summed E-state index contributed by atoms with van der Waals surface area (Å²) in [7, 11) is 0. The first-order valence-corrected chi connectivity index (χ1v) is 6.83. The van der Waals surface area contributed by atoms with Crippen LogP contribution in [-0.4, -0.2) is 18.0 Å². The second-order valence-corrected chi connectivity index (χ2v) is 5.60. The second-order valence-electron chi connectivity index (χ2n) is 4.25. The minimum atomic E-state index is -0.765. The molecular weight excluding hydrogens is 312 g/mol. The number of halogens is 3. The van der Waals surface area contributed by atoms with Crippen molar-refractivity contribution in [1.82, 2.24) is 0 Å². The third-order valence-electron chi connectivity index (χ3n) is 2.93. The number of amides is 1. The zero-order valence-electron chi connectivity index (χ0n) is 10.2. The molecule has 0 radical (unpaired) electrons. The lowest BCUT2D eigenvalue weighted by Crippen LogP contribution is -2.37. The molecule has 1 amide bonds. The first-order valence-electron chi connectivity index (χ1n) is 5.70. The van der Waals surface area contributed by atoms with Crippen LogP contribution in [0.5, 0.6) is 0 Å². The van der Waals surface area contributed by atoms with Gasteiger partial charge in [-0.05, 0) is 19.8 Å². The molecule has 0 fully saturated rings. The van der Waals surface area contributed by atoms with E-state index in [0.717, 1.165) is 0 Å². The number of esters is 1. The molecule has 0 aromatic heterocycles. The van der Waals surface area contributed by atoms with Gasteiger partial charge in [0.2, 0.25) is 5.91 Å². The van der Waals surface area contributed by atoms with Crippen LogP contribution in [-0.2, 0) is 14.3 Å². The molecule has 4 nitrogen and oxygen atoms in total. The van der Waals surface area contributed by atoms with Gasteiger partial charge in [0.15, 0.2) is 0 Å². The zero-order chi connectivity index (χ0) is 14.6. The number of allylic oxidation sites excluding steroid dienone is 2. The fourth-order valence-corrected chi connectivity index (χ4v) is 2.21. The van der Waals surface area contributed by atoms with Crippen LogP contribution in [0.1, 0.15) is 19.8 Å². The van der Waals surface area contributed by atoms with E-state index in [1.54, 1.807) is 6.92 Å². The number of hydrogen-bond acceptors (Lipinski definition) is 3. The van der Waals surface area contributed by atoms with Crippen molar-refractivity contribution in [3.8, 4) is 0 Å². The second kappa shape index (κ2) is 7.17. The lowest BCUT2D eigenvalue weighted by molar-refractivity contribution is -0.155. The van der Waals surface area contributed by atoms with Crippen molar-refractivity contribution in [2.75, 3.05) is 0 Å². The van der Waals surface area contributed by atoms with Crippen molar-refractivity contribution >= 4 is 46.7 Å². The highest BCUT2D eigenvalue weighted by Crippen LogP contribution is 2.29. The van der Waals surface area contributed by atoms with Crippen LogP contribution in [0, 0.1) is 11.8 Å². The van der Waals surface area contributed by atoms with Crippen LogP contribution in [0.15, 0.2) is 21.7 Å². The van der Waals surface area contributed by atoms with Gasteiger partial charge in [-0.25, -0.2) is 0 Å². The van der Waals surface area contributed by atoms with Gasteiger partial charge in [-0.3, -0.25) is 9.59 Å². The molecule has 0 unspecified atom stereocenters. The standard InChI is InChI=1S/C12H14Cl3NO3/c1-6(9(13)10(14)15)19-12(18)8-5-3-2-4-7(8)11(16)17/h2-3,6-8H,4-5H2,1H3,(H2,16,17)/t6-,7-,8-/m0/s1. The Hall–Kier alpha value is -0.710. The van der Waals surface area contributed by atoms with E-state index in [4.69, 9.17) is 45.3 Å². The summed E-state index contributed by atoms with van der Waals surface area (Å²) in [6.45, 7) is 1.54. The fourth-order valence-electron chi connectivity index (χ4n) is 1.86. The molecule has 106 valence electrons. The summed E-state index contributed by atoms with van der Waals surface area (Å²) in [6, 6.07) is 0. The van der Waals surface area contributed by atoms with Gasteiger partial charge in [-0.15, -0.1) is 0 Å². The minimum absolute atomic E-state index is 0.0404. The van der Waals surface area contributed by atoms with Crippen LogP contribution >= 0.6 is 34.8 Å². The van der Waals surface area contributed by atoms with Crippen molar-refractivity contribution in [3.05, 3.63) is 21.7 Å². The van der Waals surface area contributed by atoms with Crippen LogP contribution in [0.4, 0.5) is 0 Å². The molecule has 1 aliphatic rings. The molecule has 0 heterocycles. The molecule has 19 heavy (non-hydrogen) atoms. The normalized spacial score (nSPS) is 23.6. The van der Waals surface area contributed by atoms with Crippen molar-refractivity contribution < 1.29 is 14.3 Å². The number of hydrogen-bond donors (Lipinski definition) is 1. The highest BCUT2D eigenvalue weighted by atomic mass is 35.5. The highest BCUT2D eigenvalue weighted by molar-refractivity contribution is 6.59. The Kier molecular flexibility index (Phi) is 6.17. The van der Waals surface area contributed by atoms with Gasteiger partial charge in [0, 0.05) is 0 Å². The smallest absolute Gasteiger partial charge is 0.310 e. The average Bonchev–Trinajstić information content (AvgIpc) is 2.37. The van der Waals surface area contributed by atoms with Crippen LogP contribution in [0.25, 0.3) is 0 Å². The maximum atomic E-state index is 12.0. The molecule has 0 aliphatic heterocycles. The largest absolute Gasteiger partial charge is 0.457 e. The summed E-state index contributed by atoms with van der Waals surface area (Å²) in [6.07, 6.45) is 3.73. The summed E-state index contributed by atoms with van der Waals surface area (Å²) in [4.78, 5) is 23.3. The lowest BCUT2D eigenvalue weighted by Gasteiger charge is -2.25. The number of rotatable bonds is 4. The summed E-state index contributed by atoms with van der Waals surface area (Å²) in [5.74, 6) is -2.20. The monoisotopic (exact) mass is 325 g/mol. The molecule has 2 N–H and O–H groups in total.